The third kappa shape index (κ3) is 3.51. The maximum Gasteiger partial charge on any atom is 0.0544 e. The summed E-state index contributed by atoms with van der Waals surface area (Å²) in [6.07, 6.45) is 3.08. The molecule has 0 saturated carbocycles. The van der Waals surface area contributed by atoms with Gasteiger partial charge in [-0.1, -0.05) is 6.07 Å². The molecular formula is C14H23N3. The van der Waals surface area contributed by atoms with E-state index >= 15 is 0 Å². The monoisotopic (exact) mass is 233 g/mol. The van der Waals surface area contributed by atoms with Crippen molar-refractivity contribution in [1.29, 1.82) is 0 Å². The molecule has 3 heteroatoms. The van der Waals surface area contributed by atoms with Gasteiger partial charge in [0.25, 0.3) is 0 Å². The van der Waals surface area contributed by atoms with Crippen molar-refractivity contribution in [3.63, 3.8) is 0 Å². The van der Waals surface area contributed by atoms with Gasteiger partial charge in [0.2, 0.25) is 0 Å². The summed E-state index contributed by atoms with van der Waals surface area (Å²) in [4.78, 5) is 6.95. The average Bonchev–Trinajstić information content (AvgIpc) is 2.40. The van der Waals surface area contributed by atoms with Crippen molar-refractivity contribution < 1.29 is 0 Å². The topological polar surface area (TPSA) is 28.2 Å². The van der Waals surface area contributed by atoms with Crippen LogP contribution in [0.2, 0.25) is 0 Å². The molecule has 0 aromatic carbocycles. The summed E-state index contributed by atoms with van der Waals surface area (Å²) in [5.74, 6) is 0. The maximum atomic E-state index is 4.42. The van der Waals surface area contributed by atoms with Crippen molar-refractivity contribution >= 4 is 0 Å². The normalized spacial score (nSPS) is 25.5. The molecule has 2 heterocycles. The SMILES string of the molecule is CC1CCNC(C)(C)CN1Cc1ccccn1. The van der Waals surface area contributed by atoms with Gasteiger partial charge < -0.3 is 5.32 Å². The molecule has 3 nitrogen and oxygen atoms in total. The Kier molecular flexibility index (Phi) is 3.79. The van der Waals surface area contributed by atoms with E-state index in [0.717, 1.165) is 25.3 Å². The van der Waals surface area contributed by atoms with E-state index in [0.29, 0.717) is 6.04 Å². The van der Waals surface area contributed by atoms with Gasteiger partial charge in [-0.05, 0) is 45.9 Å². The molecular weight excluding hydrogens is 210 g/mol. The highest BCUT2D eigenvalue weighted by molar-refractivity contribution is 5.04. The lowest BCUT2D eigenvalue weighted by atomic mass is 10.1. The van der Waals surface area contributed by atoms with Gasteiger partial charge in [-0.2, -0.15) is 0 Å². The predicted molar refractivity (Wildman–Crippen MR) is 70.8 cm³/mol. The van der Waals surface area contributed by atoms with Crippen LogP contribution in [0.4, 0.5) is 0 Å². The molecule has 1 atom stereocenters. The minimum Gasteiger partial charge on any atom is -0.310 e. The molecule has 0 amide bonds. The summed E-state index contributed by atoms with van der Waals surface area (Å²) < 4.78 is 0. The molecule has 1 aromatic heterocycles. The Morgan fingerprint density at radius 2 is 2.29 bits per heavy atom. The van der Waals surface area contributed by atoms with Gasteiger partial charge in [0.05, 0.1) is 5.69 Å². The Morgan fingerprint density at radius 3 is 3.00 bits per heavy atom. The summed E-state index contributed by atoms with van der Waals surface area (Å²) in [6.45, 7) is 9.99. The van der Waals surface area contributed by atoms with Crippen LogP contribution in [0, 0.1) is 0 Å². The molecule has 2 rings (SSSR count). The van der Waals surface area contributed by atoms with Gasteiger partial charge in [0, 0.05) is 30.9 Å². The van der Waals surface area contributed by atoms with Crippen LogP contribution in [0.5, 0.6) is 0 Å². The standard InChI is InChI=1S/C14H23N3/c1-12-7-9-16-14(2,3)11-17(12)10-13-6-4-5-8-15-13/h4-6,8,12,16H,7,9-11H2,1-3H3. The Hall–Kier alpha value is -0.930. The Balaban J connectivity index is 2.07. The van der Waals surface area contributed by atoms with Gasteiger partial charge in [-0.3, -0.25) is 9.88 Å². The molecule has 0 aliphatic carbocycles. The van der Waals surface area contributed by atoms with E-state index in [1.807, 2.05) is 12.3 Å². The van der Waals surface area contributed by atoms with E-state index in [9.17, 15) is 0 Å². The van der Waals surface area contributed by atoms with E-state index in [2.05, 4.69) is 48.1 Å². The Morgan fingerprint density at radius 1 is 1.47 bits per heavy atom. The fourth-order valence-corrected chi connectivity index (χ4v) is 2.43. The van der Waals surface area contributed by atoms with E-state index in [1.54, 1.807) is 0 Å². The smallest absolute Gasteiger partial charge is 0.0544 e. The lowest BCUT2D eigenvalue weighted by Gasteiger charge is -2.32. The van der Waals surface area contributed by atoms with Crippen LogP contribution in [0.3, 0.4) is 0 Å². The zero-order chi connectivity index (χ0) is 12.3. The van der Waals surface area contributed by atoms with Gasteiger partial charge in [-0.25, -0.2) is 0 Å². The van der Waals surface area contributed by atoms with Crippen LogP contribution in [0.1, 0.15) is 32.9 Å². The molecule has 1 unspecified atom stereocenters. The number of nitrogens with zero attached hydrogens (tertiary/aromatic N) is 2. The largest absolute Gasteiger partial charge is 0.310 e. The van der Waals surface area contributed by atoms with Crippen LogP contribution in [0.15, 0.2) is 24.4 Å². The predicted octanol–water partition coefficient (Wildman–Crippen LogP) is 2.04. The van der Waals surface area contributed by atoms with Gasteiger partial charge >= 0.3 is 0 Å². The number of pyridine rings is 1. The quantitative estimate of drug-likeness (QED) is 0.847. The second kappa shape index (κ2) is 5.15. The van der Waals surface area contributed by atoms with Crippen molar-refractivity contribution in [3.8, 4) is 0 Å². The second-order valence-electron chi connectivity index (χ2n) is 5.67. The zero-order valence-corrected chi connectivity index (χ0v) is 11.1. The third-order valence-corrected chi connectivity index (χ3v) is 3.48. The molecule has 1 aliphatic heterocycles. The van der Waals surface area contributed by atoms with E-state index < -0.39 is 0 Å². The molecule has 1 aromatic rings. The van der Waals surface area contributed by atoms with E-state index in [-0.39, 0.29) is 5.54 Å². The van der Waals surface area contributed by atoms with Crippen molar-refractivity contribution in [3.05, 3.63) is 30.1 Å². The lowest BCUT2D eigenvalue weighted by Crippen LogP contribution is -2.47. The Bertz CT molecular complexity index is 348. The van der Waals surface area contributed by atoms with E-state index in [1.165, 1.54) is 6.42 Å². The first-order valence-electron chi connectivity index (χ1n) is 6.46. The molecule has 1 saturated heterocycles. The maximum absolute atomic E-state index is 4.42. The van der Waals surface area contributed by atoms with Gasteiger partial charge in [0.15, 0.2) is 0 Å². The number of hydrogen-bond donors (Lipinski definition) is 1. The van der Waals surface area contributed by atoms with Crippen LogP contribution in [-0.2, 0) is 6.54 Å². The van der Waals surface area contributed by atoms with Crippen molar-refractivity contribution in [2.45, 2.75) is 45.3 Å². The Labute approximate surface area is 104 Å². The minimum atomic E-state index is 0.194. The minimum absolute atomic E-state index is 0.194. The highest BCUT2D eigenvalue weighted by Crippen LogP contribution is 2.17. The first-order valence-corrected chi connectivity index (χ1v) is 6.46. The highest BCUT2D eigenvalue weighted by atomic mass is 15.2. The van der Waals surface area contributed by atoms with Crippen molar-refractivity contribution in [2.75, 3.05) is 13.1 Å². The summed E-state index contributed by atoms with van der Waals surface area (Å²) in [5.41, 5.74) is 1.36. The molecule has 0 spiro atoms. The molecule has 1 N–H and O–H groups in total. The van der Waals surface area contributed by atoms with Crippen molar-refractivity contribution in [1.82, 2.24) is 15.2 Å². The molecule has 94 valence electrons. The molecule has 0 radical (unpaired) electrons. The fraction of sp³-hybridized carbons (Fsp3) is 0.643. The zero-order valence-electron chi connectivity index (χ0n) is 11.1. The first-order chi connectivity index (χ1) is 8.07. The third-order valence-electron chi connectivity index (χ3n) is 3.48. The molecule has 0 bridgehead atoms. The number of nitrogens with one attached hydrogen (secondary N) is 1. The average molecular weight is 233 g/mol. The van der Waals surface area contributed by atoms with Crippen molar-refractivity contribution in [2.24, 2.45) is 0 Å². The first kappa shape index (κ1) is 12.5. The molecule has 17 heavy (non-hydrogen) atoms. The lowest BCUT2D eigenvalue weighted by molar-refractivity contribution is 0.171. The number of hydrogen-bond acceptors (Lipinski definition) is 3. The van der Waals surface area contributed by atoms with Gasteiger partial charge in [0.1, 0.15) is 0 Å². The van der Waals surface area contributed by atoms with E-state index in [4.69, 9.17) is 0 Å². The summed E-state index contributed by atoms with van der Waals surface area (Å²) in [6, 6.07) is 6.76. The van der Waals surface area contributed by atoms with Crippen LogP contribution < -0.4 is 5.32 Å². The summed E-state index contributed by atoms with van der Waals surface area (Å²) >= 11 is 0. The number of rotatable bonds is 2. The summed E-state index contributed by atoms with van der Waals surface area (Å²) in [7, 11) is 0. The second-order valence-corrected chi connectivity index (χ2v) is 5.67. The number of aromatic nitrogens is 1. The molecule has 1 aliphatic rings. The summed E-state index contributed by atoms with van der Waals surface area (Å²) in [5, 5.41) is 3.60. The fourth-order valence-electron chi connectivity index (χ4n) is 2.43. The van der Waals surface area contributed by atoms with Crippen LogP contribution in [-0.4, -0.2) is 34.6 Å². The molecule has 1 fully saturated rings. The van der Waals surface area contributed by atoms with Crippen LogP contribution in [0.25, 0.3) is 0 Å². The van der Waals surface area contributed by atoms with Crippen LogP contribution >= 0.6 is 0 Å². The van der Waals surface area contributed by atoms with Gasteiger partial charge in [-0.15, -0.1) is 0 Å². The highest BCUT2D eigenvalue weighted by Gasteiger charge is 2.27.